The van der Waals surface area contributed by atoms with Crippen LogP contribution in [0.15, 0.2) is 10.2 Å². The van der Waals surface area contributed by atoms with Crippen LogP contribution in [0.3, 0.4) is 0 Å². The van der Waals surface area contributed by atoms with E-state index in [0.29, 0.717) is 0 Å². The Kier molecular flexibility index (Phi) is 2.61. The van der Waals surface area contributed by atoms with Crippen molar-refractivity contribution in [2.75, 3.05) is 7.05 Å². The van der Waals surface area contributed by atoms with E-state index < -0.39 is 12.2 Å². The molecule has 0 aromatic rings. The van der Waals surface area contributed by atoms with E-state index in [2.05, 4.69) is 10.2 Å². The van der Waals surface area contributed by atoms with E-state index in [9.17, 15) is 13.2 Å². The van der Waals surface area contributed by atoms with Crippen LogP contribution in [0.25, 0.3) is 0 Å². The van der Waals surface area contributed by atoms with Gasteiger partial charge in [0.25, 0.3) is 0 Å². The largest absolute Gasteiger partial charge is 0.412 e. The summed E-state index contributed by atoms with van der Waals surface area (Å²) in [4.78, 5) is 0. The summed E-state index contributed by atoms with van der Waals surface area (Å²) < 4.78 is 34.4. The van der Waals surface area contributed by atoms with Gasteiger partial charge in [-0.3, -0.25) is 0 Å². The third-order valence-corrected chi connectivity index (χ3v) is 0.762. The molecule has 0 aromatic carbocycles. The van der Waals surface area contributed by atoms with Crippen molar-refractivity contribution in [3.63, 3.8) is 0 Å². The molecular weight excluding hydrogens is 133 g/mol. The molecule has 0 N–H and O–H groups in total. The summed E-state index contributed by atoms with van der Waals surface area (Å²) in [5.41, 5.74) is 0. The van der Waals surface area contributed by atoms with Gasteiger partial charge in [-0.2, -0.15) is 23.4 Å². The molecule has 0 saturated carbocycles. The summed E-state index contributed by atoms with van der Waals surface area (Å²) >= 11 is 0. The van der Waals surface area contributed by atoms with Crippen molar-refractivity contribution in [3.8, 4) is 0 Å². The quantitative estimate of drug-likeness (QED) is 0.498. The minimum atomic E-state index is -4.25. The zero-order chi connectivity index (χ0) is 7.49. The van der Waals surface area contributed by atoms with Crippen LogP contribution in [0, 0.1) is 0 Å². The number of azo groups is 1. The second-order valence-electron chi connectivity index (χ2n) is 1.53. The highest BCUT2D eigenvalue weighted by atomic mass is 19.4. The van der Waals surface area contributed by atoms with Gasteiger partial charge < -0.3 is 0 Å². The van der Waals surface area contributed by atoms with Crippen molar-refractivity contribution < 1.29 is 13.2 Å². The van der Waals surface area contributed by atoms with Crippen LogP contribution in [0.2, 0.25) is 0 Å². The molecule has 0 fully saturated rings. The van der Waals surface area contributed by atoms with Gasteiger partial charge in [-0.05, 0) is 6.92 Å². The van der Waals surface area contributed by atoms with Gasteiger partial charge in [-0.1, -0.05) is 0 Å². The molecule has 0 spiro atoms. The van der Waals surface area contributed by atoms with Crippen LogP contribution < -0.4 is 0 Å². The van der Waals surface area contributed by atoms with Crippen molar-refractivity contribution in [1.29, 1.82) is 0 Å². The Hall–Kier alpha value is -0.610. The van der Waals surface area contributed by atoms with E-state index in [4.69, 9.17) is 0 Å². The number of nitrogens with zero attached hydrogens (tertiary/aromatic N) is 2. The summed E-state index contributed by atoms with van der Waals surface area (Å²) in [6, 6.07) is -1.68. The van der Waals surface area contributed by atoms with Crippen LogP contribution >= 0.6 is 0 Å². The molecule has 0 heterocycles. The topological polar surface area (TPSA) is 24.7 Å². The van der Waals surface area contributed by atoms with Crippen LogP contribution in [0.1, 0.15) is 6.92 Å². The highest BCUT2D eigenvalue weighted by molar-refractivity contribution is 4.65. The van der Waals surface area contributed by atoms with Gasteiger partial charge in [0.1, 0.15) is 0 Å². The predicted molar refractivity (Wildman–Crippen MR) is 26.3 cm³/mol. The SMILES string of the molecule is CN=NC(C)C(F)(F)F. The minimum Gasteiger partial charge on any atom is -0.197 e. The fourth-order valence-corrected chi connectivity index (χ4v) is 0.239. The number of alkyl halides is 3. The smallest absolute Gasteiger partial charge is 0.197 e. The molecule has 1 atom stereocenters. The van der Waals surface area contributed by atoms with Crippen molar-refractivity contribution in [2.45, 2.75) is 19.1 Å². The van der Waals surface area contributed by atoms with Gasteiger partial charge in [0.05, 0.1) is 0 Å². The third kappa shape index (κ3) is 3.05. The third-order valence-electron chi connectivity index (χ3n) is 0.762. The number of halogens is 3. The van der Waals surface area contributed by atoms with Crippen molar-refractivity contribution >= 4 is 0 Å². The molecule has 0 rings (SSSR count). The van der Waals surface area contributed by atoms with Crippen molar-refractivity contribution in [3.05, 3.63) is 0 Å². The lowest BCUT2D eigenvalue weighted by Gasteiger charge is -2.07. The molecule has 0 bridgehead atoms. The second-order valence-corrected chi connectivity index (χ2v) is 1.53. The lowest BCUT2D eigenvalue weighted by molar-refractivity contribution is -0.144. The van der Waals surface area contributed by atoms with E-state index in [0.717, 1.165) is 6.92 Å². The fourth-order valence-electron chi connectivity index (χ4n) is 0.239. The normalized spacial score (nSPS) is 16.6. The second kappa shape index (κ2) is 2.80. The van der Waals surface area contributed by atoms with Gasteiger partial charge in [-0.15, -0.1) is 0 Å². The predicted octanol–water partition coefficient (Wildman–Crippen LogP) is 2.02. The van der Waals surface area contributed by atoms with Crippen LogP contribution in [-0.4, -0.2) is 19.3 Å². The highest BCUT2D eigenvalue weighted by Gasteiger charge is 2.35. The van der Waals surface area contributed by atoms with E-state index in [1.807, 2.05) is 0 Å². The Labute approximate surface area is 50.8 Å². The number of rotatable bonds is 1. The Morgan fingerprint density at radius 3 is 1.89 bits per heavy atom. The summed E-state index contributed by atoms with van der Waals surface area (Å²) in [5, 5.41) is 5.90. The molecule has 0 amide bonds. The first-order valence-corrected chi connectivity index (χ1v) is 2.34. The van der Waals surface area contributed by atoms with Gasteiger partial charge in [0.2, 0.25) is 0 Å². The number of hydrogen-bond acceptors (Lipinski definition) is 2. The molecule has 0 aliphatic heterocycles. The zero-order valence-electron chi connectivity index (χ0n) is 5.11. The van der Waals surface area contributed by atoms with E-state index in [1.165, 1.54) is 7.05 Å². The van der Waals surface area contributed by atoms with Crippen LogP contribution in [0.5, 0.6) is 0 Å². The molecule has 1 unspecified atom stereocenters. The Morgan fingerprint density at radius 1 is 1.33 bits per heavy atom. The van der Waals surface area contributed by atoms with E-state index in [-0.39, 0.29) is 0 Å². The maximum atomic E-state index is 11.5. The standard InChI is InChI=1S/C4H7F3N2/c1-3(9-8-2)4(5,6)7/h3H,1-2H3. The molecule has 0 aliphatic carbocycles. The van der Waals surface area contributed by atoms with Gasteiger partial charge in [-0.25, -0.2) is 0 Å². The first-order valence-electron chi connectivity index (χ1n) is 2.34. The van der Waals surface area contributed by atoms with E-state index in [1.54, 1.807) is 0 Å². The maximum Gasteiger partial charge on any atom is 0.412 e. The molecule has 5 heteroatoms. The first kappa shape index (κ1) is 8.39. The number of hydrogen-bond donors (Lipinski definition) is 0. The monoisotopic (exact) mass is 140 g/mol. The molecular formula is C4H7F3N2. The minimum absolute atomic E-state index is 0.951. The summed E-state index contributed by atoms with van der Waals surface area (Å²) in [6.45, 7) is 0.951. The molecule has 2 nitrogen and oxygen atoms in total. The Morgan fingerprint density at radius 2 is 1.78 bits per heavy atom. The average Bonchev–Trinajstić information content (AvgIpc) is 1.64. The average molecular weight is 140 g/mol. The van der Waals surface area contributed by atoms with Gasteiger partial charge >= 0.3 is 6.18 Å². The van der Waals surface area contributed by atoms with Crippen molar-refractivity contribution in [2.24, 2.45) is 10.2 Å². The zero-order valence-corrected chi connectivity index (χ0v) is 5.11. The summed E-state index contributed by atoms with van der Waals surface area (Å²) in [6.07, 6.45) is -4.25. The Balaban J connectivity index is 3.88. The molecule has 0 aromatic heterocycles. The maximum absolute atomic E-state index is 11.5. The fraction of sp³-hybridized carbons (Fsp3) is 1.00. The highest BCUT2D eigenvalue weighted by Crippen LogP contribution is 2.21. The Bertz CT molecular complexity index is 107. The molecule has 0 radical (unpaired) electrons. The summed E-state index contributed by atoms with van der Waals surface area (Å²) in [5.74, 6) is 0. The van der Waals surface area contributed by atoms with E-state index >= 15 is 0 Å². The summed E-state index contributed by atoms with van der Waals surface area (Å²) in [7, 11) is 1.21. The molecule has 0 saturated heterocycles. The molecule has 54 valence electrons. The van der Waals surface area contributed by atoms with Gasteiger partial charge in [0.15, 0.2) is 6.04 Å². The lowest BCUT2D eigenvalue weighted by Crippen LogP contribution is -2.22. The van der Waals surface area contributed by atoms with Crippen LogP contribution in [0.4, 0.5) is 13.2 Å². The first-order chi connectivity index (χ1) is 3.98. The van der Waals surface area contributed by atoms with Gasteiger partial charge in [0, 0.05) is 7.05 Å². The molecule has 0 aliphatic rings. The molecule has 9 heavy (non-hydrogen) atoms. The van der Waals surface area contributed by atoms with Crippen LogP contribution in [-0.2, 0) is 0 Å². The lowest BCUT2D eigenvalue weighted by atomic mass is 10.4. The van der Waals surface area contributed by atoms with Crippen molar-refractivity contribution in [1.82, 2.24) is 0 Å².